The van der Waals surface area contributed by atoms with Crippen LogP contribution in [-0.4, -0.2) is 46.5 Å². The molecule has 1 N–H and O–H groups in total. The van der Waals surface area contributed by atoms with Crippen LogP contribution in [0, 0.1) is 0 Å². The Labute approximate surface area is 176 Å². The van der Waals surface area contributed by atoms with Gasteiger partial charge in [0.05, 0.1) is 22.5 Å². The maximum atomic E-state index is 13.2. The molecule has 1 aromatic carbocycles. The van der Waals surface area contributed by atoms with Crippen LogP contribution in [0.2, 0.25) is 5.02 Å². The molecular formula is C23H25ClN4O. The van der Waals surface area contributed by atoms with E-state index in [1.165, 1.54) is 19.3 Å². The van der Waals surface area contributed by atoms with Crippen LogP contribution in [0.5, 0.6) is 0 Å². The highest BCUT2D eigenvalue weighted by molar-refractivity contribution is 6.31. The molecule has 1 atom stereocenters. The number of amides is 1. The number of nitrogens with zero attached hydrogens (tertiary/aromatic N) is 3. The molecule has 29 heavy (non-hydrogen) atoms. The van der Waals surface area contributed by atoms with Crippen LogP contribution in [0.1, 0.15) is 36.5 Å². The molecule has 1 fully saturated rings. The van der Waals surface area contributed by atoms with Gasteiger partial charge in [0.1, 0.15) is 0 Å². The number of benzene rings is 1. The Morgan fingerprint density at radius 2 is 1.97 bits per heavy atom. The highest BCUT2D eigenvalue weighted by atomic mass is 35.5. The average molecular weight is 409 g/mol. The first-order chi connectivity index (χ1) is 14.1. The van der Waals surface area contributed by atoms with E-state index in [0.717, 1.165) is 36.2 Å². The summed E-state index contributed by atoms with van der Waals surface area (Å²) in [6.45, 7) is 5.14. The highest BCUT2D eigenvalue weighted by Gasteiger charge is 2.19. The van der Waals surface area contributed by atoms with Crippen molar-refractivity contribution in [2.75, 3.05) is 19.6 Å². The Morgan fingerprint density at radius 3 is 2.72 bits per heavy atom. The van der Waals surface area contributed by atoms with Gasteiger partial charge in [0.15, 0.2) is 0 Å². The van der Waals surface area contributed by atoms with Gasteiger partial charge in [-0.2, -0.15) is 0 Å². The molecule has 1 aliphatic rings. The molecule has 0 saturated carbocycles. The third kappa shape index (κ3) is 4.74. The largest absolute Gasteiger partial charge is 0.348 e. The number of likely N-dealkylation sites (tertiary alicyclic amines) is 1. The van der Waals surface area contributed by atoms with Crippen molar-refractivity contribution in [1.82, 2.24) is 20.2 Å². The van der Waals surface area contributed by atoms with Crippen molar-refractivity contribution in [3.05, 3.63) is 59.2 Å². The fourth-order valence-corrected chi connectivity index (χ4v) is 4.08. The lowest BCUT2D eigenvalue weighted by Gasteiger charge is -2.29. The van der Waals surface area contributed by atoms with E-state index >= 15 is 0 Å². The van der Waals surface area contributed by atoms with Gasteiger partial charge in [-0.25, -0.2) is 4.98 Å². The molecule has 150 valence electrons. The van der Waals surface area contributed by atoms with Gasteiger partial charge in [-0.1, -0.05) is 24.1 Å². The van der Waals surface area contributed by atoms with Gasteiger partial charge >= 0.3 is 0 Å². The van der Waals surface area contributed by atoms with E-state index in [1.807, 2.05) is 30.3 Å². The number of pyridine rings is 2. The summed E-state index contributed by atoms with van der Waals surface area (Å²) in [5.74, 6) is -0.110. The third-order valence-corrected chi connectivity index (χ3v) is 5.54. The first-order valence-electron chi connectivity index (χ1n) is 10.1. The van der Waals surface area contributed by atoms with Crippen molar-refractivity contribution >= 4 is 28.4 Å². The second kappa shape index (κ2) is 8.89. The fraction of sp³-hybridized carbons (Fsp3) is 0.348. The Hall–Kier alpha value is -2.50. The number of rotatable bonds is 5. The zero-order valence-electron chi connectivity index (χ0n) is 16.6. The predicted molar refractivity (Wildman–Crippen MR) is 117 cm³/mol. The maximum absolute atomic E-state index is 13.2. The normalized spacial score (nSPS) is 15.9. The van der Waals surface area contributed by atoms with Gasteiger partial charge in [-0.3, -0.25) is 9.78 Å². The second-order valence-corrected chi connectivity index (χ2v) is 8.10. The number of carbonyl (C=O) groups excluding carboxylic acids is 1. The molecule has 3 aromatic rings. The summed E-state index contributed by atoms with van der Waals surface area (Å²) in [6.07, 6.45) is 5.50. The number of hydrogen-bond donors (Lipinski definition) is 1. The van der Waals surface area contributed by atoms with Gasteiger partial charge < -0.3 is 10.2 Å². The first kappa shape index (κ1) is 19.8. The Balaban J connectivity index is 1.63. The maximum Gasteiger partial charge on any atom is 0.252 e. The minimum absolute atomic E-state index is 0.0568. The minimum atomic E-state index is -0.110. The molecular weight excluding hydrogens is 384 g/mol. The molecule has 2 aromatic heterocycles. The first-order valence-corrected chi connectivity index (χ1v) is 10.5. The monoisotopic (exact) mass is 408 g/mol. The van der Waals surface area contributed by atoms with Gasteiger partial charge in [-0.15, -0.1) is 0 Å². The molecule has 0 bridgehead atoms. The van der Waals surface area contributed by atoms with Crippen LogP contribution in [-0.2, 0) is 0 Å². The molecule has 0 spiro atoms. The smallest absolute Gasteiger partial charge is 0.252 e. The number of aromatic nitrogens is 2. The lowest BCUT2D eigenvalue weighted by atomic mass is 10.0. The molecule has 0 unspecified atom stereocenters. The topological polar surface area (TPSA) is 58.1 Å². The SMILES string of the molecule is C[C@H](CN1CCCCC1)NC(=O)c1cc(-c2ccccn2)nc2ccc(Cl)cc12. The van der Waals surface area contributed by atoms with Crippen molar-refractivity contribution in [2.45, 2.75) is 32.2 Å². The zero-order chi connectivity index (χ0) is 20.2. The predicted octanol–water partition coefficient (Wildman–Crippen LogP) is 4.55. The molecule has 0 aliphatic carbocycles. The van der Waals surface area contributed by atoms with E-state index in [1.54, 1.807) is 18.3 Å². The number of hydrogen-bond acceptors (Lipinski definition) is 4. The van der Waals surface area contributed by atoms with Gasteiger partial charge in [0, 0.05) is 29.2 Å². The molecule has 5 nitrogen and oxygen atoms in total. The number of fused-ring (bicyclic) bond motifs is 1. The molecule has 1 saturated heterocycles. The lowest BCUT2D eigenvalue weighted by molar-refractivity contribution is 0.0927. The van der Waals surface area contributed by atoms with Crippen LogP contribution < -0.4 is 5.32 Å². The van der Waals surface area contributed by atoms with Crippen LogP contribution in [0.3, 0.4) is 0 Å². The van der Waals surface area contributed by atoms with Crippen molar-refractivity contribution in [3.8, 4) is 11.4 Å². The quantitative estimate of drug-likeness (QED) is 0.672. The summed E-state index contributed by atoms with van der Waals surface area (Å²) < 4.78 is 0. The molecule has 4 rings (SSSR count). The lowest BCUT2D eigenvalue weighted by Crippen LogP contribution is -2.43. The Kier molecular flexibility index (Phi) is 6.07. The zero-order valence-corrected chi connectivity index (χ0v) is 17.3. The van der Waals surface area contributed by atoms with Crippen molar-refractivity contribution in [2.24, 2.45) is 0 Å². The summed E-state index contributed by atoms with van der Waals surface area (Å²) in [6, 6.07) is 13.0. The highest BCUT2D eigenvalue weighted by Crippen LogP contribution is 2.26. The van der Waals surface area contributed by atoms with E-state index in [4.69, 9.17) is 16.6 Å². The second-order valence-electron chi connectivity index (χ2n) is 7.67. The number of carbonyl (C=O) groups is 1. The van der Waals surface area contributed by atoms with Crippen molar-refractivity contribution in [1.29, 1.82) is 0 Å². The van der Waals surface area contributed by atoms with Crippen LogP contribution in [0.4, 0.5) is 0 Å². The number of nitrogens with one attached hydrogen (secondary N) is 1. The van der Waals surface area contributed by atoms with E-state index in [-0.39, 0.29) is 11.9 Å². The third-order valence-electron chi connectivity index (χ3n) is 5.30. The summed E-state index contributed by atoms with van der Waals surface area (Å²) in [5.41, 5.74) is 2.71. The Morgan fingerprint density at radius 1 is 1.14 bits per heavy atom. The number of piperidine rings is 1. The summed E-state index contributed by atoms with van der Waals surface area (Å²) in [7, 11) is 0. The van der Waals surface area contributed by atoms with Gasteiger partial charge in [0.25, 0.3) is 5.91 Å². The molecule has 1 amide bonds. The molecule has 0 radical (unpaired) electrons. The number of halogens is 1. The molecule has 3 heterocycles. The minimum Gasteiger partial charge on any atom is -0.348 e. The molecule has 1 aliphatic heterocycles. The van der Waals surface area contributed by atoms with E-state index in [9.17, 15) is 4.79 Å². The van der Waals surface area contributed by atoms with Gasteiger partial charge in [0.2, 0.25) is 0 Å². The Bertz CT molecular complexity index is 1000. The van der Waals surface area contributed by atoms with E-state index < -0.39 is 0 Å². The summed E-state index contributed by atoms with van der Waals surface area (Å²) >= 11 is 6.21. The summed E-state index contributed by atoms with van der Waals surface area (Å²) in [4.78, 5) is 24.7. The average Bonchev–Trinajstić information content (AvgIpc) is 2.74. The molecule has 6 heteroatoms. The van der Waals surface area contributed by atoms with Crippen LogP contribution in [0.25, 0.3) is 22.3 Å². The van der Waals surface area contributed by atoms with Crippen molar-refractivity contribution in [3.63, 3.8) is 0 Å². The van der Waals surface area contributed by atoms with Crippen LogP contribution >= 0.6 is 11.6 Å². The van der Waals surface area contributed by atoms with E-state index in [0.29, 0.717) is 16.3 Å². The van der Waals surface area contributed by atoms with Gasteiger partial charge in [-0.05, 0) is 69.3 Å². The standard InChI is InChI=1S/C23H25ClN4O/c1-16(15-28-11-5-2-6-12-28)26-23(29)19-14-22(21-7-3-4-10-25-21)27-20-9-8-17(24)13-18(19)20/h3-4,7-10,13-14,16H,2,5-6,11-12,15H2,1H3,(H,26,29)/t16-/m1/s1. The van der Waals surface area contributed by atoms with Crippen LogP contribution in [0.15, 0.2) is 48.7 Å². The van der Waals surface area contributed by atoms with E-state index in [2.05, 4.69) is 22.1 Å². The van der Waals surface area contributed by atoms with Crippen molar-refractivity contribution < 1.29 is 4.79 Å². The summed E-state index contributed by atoms with van der Waals surface area (Å²) in [5, 5.41) is 4.50. The fourth-order valence-electron chi connectivity index (χ4n) is 3.91.